The van der Waals surface area contributed by atoms with Crippen LogP contribution >= 0.6 is 0 Å². The summed E-state index contributed by atoms with van der Waals surface area (Å²) in [7, 11) is 0. The highest BCUT2D eigenvalue weighted by molar-refractivity contribution is 6.11. The van der Waals surface area contributed by atoms with Crippen LogP contribution in [-0.4, -0.2) is 38.4 Å². The van der Waals surface area contributed by atoms with Gasteiger partial charge in [0.15, 0.2) is 13.2 Å². The minimum atomic E-state index is -0.424. The summed E-state index contributed by atoms with van der Waals surface area (Å²) in [5.74, 6) is 0.348. The molecule has 0 aromatic heterocycles. The smallest absolute Gasteiger partial charge is 0.344 e. The van der Waals surface area contributed by atoms with Crippen molar-refractivity contribution < 1.29 is 28.5 Å². The third kappa shape index (κ3) is 5.49. The number of benzene rings is 3. The second kappa shape index (κ2) is 11.4. The predicted octanol–water partition coefficient (Wildman–Crippen LogP) is 5.22. The first-order chi connectivity index (χ1) is 15.6. The van der Waals surface area contributed by atoms with E-state index in [1.54, 1.807) is 13.8 Å². The lowest BCUT2D eigenvalue weighted by atomic mass is 9.97. The quantitative estimate of drug-likeness (QED) is 0.302. The first-order valence-corrected chi connectivity index (χ1v) is 11.1. The Hall–Kier alpha value is -3.28. The Morgan fingerprint density at radius 3 is 1.78 bits per heavy atom. The van der Waals surface area contributed by atoms with Gasteiger partial charge < -0.3 is 18.9 Å². The Labute approximate surface area is 188 Å². The number of hydrogen-bond acceptors (Lipinski definition) is 6. The molecule has 0 aliphatic rings. The van der Waals surface area contributed by atoms with Crippen LogP contribution in [0.3, 0.4) is 0 Å². The number of fused-ring (bicyclic) bond motifs is 2. The SMILES string of the molecule is CCCCc1ccc2c(OCC(=O)OCC)c3ccccc3c(OCC(=O)OCC)c2c1. The minimum Gasteiger partial charge on any atom is -0.481 e. The maximum absolute atomic E-state index is 12.0. The van der Waals surface area contributed by atoms with Crippen molar-refractivity contribution in [1.82, 2.24) is 0 Å². The van der Waals surface area contributed by atoms with Crippen molar-refractivity contribution in [3.8, 4) is 11.5 Å². The molecule has 3 rings (SSSR count). The molecule has 0 N–H and O–H groups in total. The van der Waals surface area contributed by atoms with Gasteiger partial charge in [0.05, 0.1) is 13.2 Å². The molecule has 0 amide bonds. The Morgan fingerprint density at radius 2 is 1.25 bits per heavy atom. The van der Waals surface area contributed by atoms with Gasteiger partial charge in [-0.05, 0) is 38.3 Å². The maximum Gasteiger partial charge on any atom is 0.344 e. The predicted molar refractivity (Wildman–Crippen MR) is 124 cm³/mol. The second-order valence-electron chi connectivity index (χ2n) is 7.37. The van der Waals surface area contributed by atoms with E-state index in [-0.39, 0.29) is 13.2 Å². The fourth-order valence-electron chi connectivity index (χ4n) is 3.66. The minimum absolute atomic E-state index is 0.185. The van der Waals surface area contributed by atoms with E-state index >= 15 is 0 Å². The van der Waals surface area contributed by atoms with Crippen LogP contribution in [-0.2, 0) is 25.5 Å². The Kier molecular flexibility index (Phi) is 8.31. The molecule has 170 valence electrons. The molecule has 3 aromatic rings. The molecule has 32 heavy (non-hydrogen) atoms. The summed E-state index contributed by atoms with van der Waals surface area (Å²) in [6.45, 7) is 5.90. The number of carbonyl (C=O) groups excluding carboxylic acids is 2. The summed E-state index contributed by atoms with van der Waals surface area (Å²) in [6, 6.07) is 13.8. The second-order valence-corrected chi connectivity index (χ2v) is 7.37. The Balaban J connectivity index is 2.13. The first kappa shape index (κ1) is 23.4. The van der Waals surface area contributed by atoms with Gasteiger partial charge in [0.25, 0.3) is 0 Å². The highest BCUT2D eigenvalue weighted by Crippen LogP contribution is 2.43. The van der Waals surface area contributed by atoms with E-state index in [4.69, 9.17) is 18.9 Å². The molecular formula is C26H30O6. The van der Waals surface area contributed by atoms with Gasteiger partial charge in [-0.15, -0.1) is 0 Å². The molecule has 0 radical (unpaired) electrons. The summed E-state index contributed by atoms with van der Waals surface area (Å²) in [5.41, 5.74) is 1.17. The molecule has 0 bridgehead atoms. The molecule has 0 aliphatic carbocycles. The van der Waals surface area contributed by atoms with Crippen LogP contribution in [0.4, 0.5) is 0 Å². The van der Waals surface area contributed by atoms with Crippen molar-refractivity contribution in [2.45, 2.75) is 40.0 Å². The molecule has 3 aromatic carbocycles. The Morgan fingerprint density at radius 1 is 0.719 bits per heavy atom. The summed E-state index contributed by atoms with van der Waals surface area (Å²) < 4.78 is 22.0. The zero-order valence-electron chi connectivity index (χ0n) is 18.9. The summed E-state index contributed by atoms with van der Waals surface area (Å²) in [4.78, 5) is 23.9. The first-order valence-electron chi connectivity index (χ1n) is 11.1. The lowest BCUT2D eigenvalue weighted by Gasteiger charge is -2.18. The largest absolute Gasteiger partial charge is 0.481 e. The van der Waals surface area contributed by atoms with Gasteiger partial charge in [0.2, 0.25) is 0 Å². The molecular weight excluding hydrogens is 408 g/mol. The molecule has 6 heteroatoms. The van der Waals surface area contributed by atoms with Gasteiger partial charge in [-0.3, -0.25) is 0 Å². The fraction of sp³-hybridized carbons (Fsp3) is 0.385. The van der Waals surface area contributed by atoms with Crippen LogP contribution in [0, 0.1) is 0 Å². The number of unbranched alkanes of at least 4 members (excludes halogenated alkanes) is 1. The number of ether oxygens (including phenoxy) is 4. The van der Waals surface area contributed by atoms with E-state index in [1.165, 1.54) is 5.56 Å². The molecule has 0 unspecified atom stereocenters. The molecule has 0 atom stereocenters. The molecule has 6 nitrogen and oxygen atoms in total. The number of carbonyl (C=O) groups is 2. The van der Waals surface area contributed by atoms with Gasteiger partial charge in [-0.2, -0.15) is 0 Å². The zero-order chi connectivity index (χ0) is 22.9. The number of rotatable bonds is 11. The van der Waals surface area contributed by atoms with Crippen molar-refractivity contribution in [2.24, 2.45) is 0 Å². The topological polar surface area (TPSA) is 71.1 Å². The van der Waals surface area contributed by atoms with E-state index in [9.17, 15) is 9.59 Å². The monoisotopic (exact) mass is 438 g/mol. The summed E-state index contributed by atoms with van der Waals surface area (Å²) in [6.07, 6.45) is 3.11. The summed E-state index contributed by atoms with van der Waals surface area (Å²) in [5, 5.41) is 3.24. The average Bonchev–Trinajstić information content (AvgIpc) is 2.80. The van der Waals surface area contributed by atoms with Gasteiger partial charge in [0, 0.05) is 21.5 Å². The van der Waals surface area contributed by atoms with E-state index in [1.807, 2.05) is 30.3 Å². The number of hydrogen-bond donors (Lipinski definition) is 0. The third-order valence-electron chi connectivity index (χ3n) is 5.09. The summed E-state index contributed by atoms with van der Waals surface area (Å²) >= 11 is 0. The lowest BCUT2D eigenvalue weighted by molar-refractivity contribution is -0.146. The number of aryl methyl sites for hydroxylation is 1. The molecule has 0 saturated carbocycles. The van der Waals surface area contributed by atoms with Crippen molar-refractivity contribution in [1.29, 1.82) is 0 Å². The van der Waals surface area contributed by atoms with Crippen LogP contribution in [0.25, 0.3) is 21.5 Å². The highest BCUT2D eigenvalue weighted by atomic mass is 16.6. The molecule has 0 fully saturated rings. The van der Waals surface area contributed by atoms with Crippen LogP contribution in [0.1, 0.15) is 39.2 Å². The van der Waals surface area contributed by atoms with E-state index in [0.717, 1.165) is 40.8 Å². The van der Waals surface area contributed by atoms with Crippen LogP contribution < -0.4 is 9.47 Å². The van der Waals surface area contributed by atoms with Gasteiger partial charge in [-0.1, -0.05) is 49.7 Å². The Bertz CT molecular complexity index is 1090. The maximum atomic E-state index is 12.0. The molecule has 0 aliphatic heterocycles. The van der Waals surface area contributed by atoms with Gasteiger partial charge in [-0.25, -0.2) is 9.59 Å². The van der Waals surface area contributed by atoms with E-state index in [0.29, 0.717) is 24.7 Å². The lowest BCUT2D eigenvalue weighted by Crippen LogP contribution is -2.16. The van der Waals surface area contributed by atoms with Crippen molar-refractivity contribution >= 4 is 33.5 Å². The van der Waals surface area contributed by atoms with Gasteiger partial charge >= 0.3 is 11.9 Å². The van der Waals surface area contributed by atoms with Crippen LogP contribution in [0.2, 0.25) is 0 Å². The molecule has 0 heterocycles. The fourth-order valence-corrected chi connectivity index (χ4v) is 3.66. The third-order valence-corrected chi connectivity index (χ3v) is 5.09. The number of esters is 2. The molecule has 0 spiro atoms. The van der Waals surface area contributed by atoms with Gasteiger partial charge in [0.1, 0.15) is 11.5 Å². The van der Waals surface area contributed by atoms with Crippen molar-refractivity contribution in [3.63, 3.8) is 0 Å². The average molecular weight is 439 g/mol. The van der Waals surface area contributed by atoms with Crippen molar-refractivity contribution in [2.75, 3.05) is 26.4 Å². The van der Waals surface area contributed by atoms with E-state index < -0.39 is 11.9 Å². The normalized spacial score (nSPS) is 10.8. The zero-order valence-corrected chi connectivity index (χ0v) is 18.9. The van der Waals surface area contributed by atoms with Crippen molar-refractivity contribution in [3.05, 3.63) is 48.0 Å². The van der Waals surface area contributed by atoms with Crippen LogP contribution in [0.5, 0.6) is 11.5 Å². The van der Waals surface area contributed by atoms with Crippen LogP contribution in [0.15, 0.2) is 42.5 Å². The van der Waals surface area contributed by atoms with E-state index in [2.05, 4.69) is 19.1 Å². The molecule has 0 saturated heterocycles. The highest BCUT2D eigenvalue weighted by Gasteiger charge is 2.18. The standard InChI is InChI=1S/C26H30O6/c1-4-7-10-18-13-14-21-22(15-18)26(32-17-24(28)30-6-3)20-12-9-8-11-19(20)25(21)31-16-23(27)29-5-2/h8-9,11-15H,4-7,10,16-17H2,1-3H3.